The third kappa shape index (κ3) is 3.56. The van der Waals surface area contributed by atoms with E-state index in [0.29, 0.717) is 12.1 Å². The van der Waals surface area contributed by atoms with E-state index in [2.05, 4.69) is 52.4 Å². The Bertz CT molecular complexity index is 379. The molecule has 2 nitrogen and oxygen atoms in total. The molecular weight excluding hydrogens is 290 g/mol. The molecule has 1 aliphatic rings. The van der Waals surface area contributed by atoms with Gasteiger partial charge in [0.05, 0.1) is 6.10 Å². The van der Waals surface area contributed by atoms with Crippen LogP contribution in [0.25, 0.3) is 0 Å². The topological polar surface area (TPSA) is 21.3 Å². The van der Waals surface area contributed by atoms with E-state index in [4.69, 9.17) is 4.74 Å². The smallest absolute Gasteiger partial charge is 0.0759 e. The van der Waals surface area contributed by atoms with Gasteiger partial charge in [-0.1, -0.05) is 34.1 Å². The van der Waals surface area contributed by atoms with E-state index in [9.17, 15) is 0 Å². The van der Waals surface area contributed by atoms with Crippen LogP contribution in [-0.2, 0) is 11.2 Å². The van der Waals surface area contributed by atoms with E-state index in [0.717, 1.165) is 18.9 Å². The molecule has 1 aromatic carbocycles. The van der Waals surface area contributed by atoms with Crippen molar-refractivity contribution >= 4 is 15.9 Å². The van der Waals surface area contributed by atoms with Crippen molar-refractivity contribution in [2.45, 2.75) is 38.3 Å². The molecule has 0 radical (unpaired) electrons. The predicted molar refractivity (Wildman–Crippen MR) is 78.8 cm³/mol. The maximum absolute atomic E-state index is 5.95. The first-order valence-electron chi connectivity index (χ1n) is 6.78. The molecule has 1 N–H and O–H groups in total. The van der Waals surface area contributed by atoms with Crippen LogP contribution in [0.3, 0.4) is 0 Å². The van der Waals surface area contributed by atoms with Gasteiger partial charge < -0.3 is 10.1 Å². The van der Waals surface area contributed by atoms with Gasteiger partial charge in [0, 0.05) is 17.1 Å². The lowest BCUT2D eigenvalue weighted by Gasteiger charge is -2.27. The van der Waals surface area contributed by atoms with E-state index in [1.165, 1.54) is 22.9 Å². The molecule has 18 heavy (non-hydrogen) atoms. The van der Waals surface area contributed by atoms with Gasteiger partial charge >= 0.3 is 0 Å². The highest BCUT2D eigenvalue weighted by atomic mass is 79.9. The Labute approximate surface area is 118 Å². The van der Waals surface area contributed by atoms with Crippen LogP contribution in [0, 0.1) is 5.92 Å². The van der Waals surface area contributed by atoms with Gasteiger partial charge in [0.2, 0.25) is 0 Å². The maximum atomic E-state index is 5.95. The van der Waals surface area contributed by atoms with E-state index in [-0.39, 0.29) is 0 Å². The van der Waals surface area contributed by atoms with Crippen molar-refractivity contribution in [1.82, 2.24) is 5.32 Å². The molecule has 3 heteroatoms. The molecule has 0 heterocycles. The average Bonchev–Trinajstić information content (AvgIpc) is 3.20. The summed E-state index contributed by atoms with van der Waals surface area (Å²) in [6, 6.07) is 8.85. The van der Waals surface area contributed by atoms with Crippen molar-refractivity contribution in [3.63, 3.8) is 0 Å². The molecule has 0 amide bonds. The summed E-state index contributed by atoms with van der Waals surface area (Å²) in [5.41, 5.74) is 1.35. The van der Waals surface area contributed by atoms with Crippen molar-refractivity contribution in [2.24, 2.45) is 5.92 Å². The Morgan fingerprint density at radius 1 is 1.39 bits per heavy atom. The van der Waals surface area contributed by atoms with Crippen molar-refractivity contribution in [1.29, 1.82) is 0 Å². The SMILES string of the molecule is CCOC(C1CC1)C(Cc1ccccc1Br)NC. The first-order chi connectivity index (χ1) is 8.76. The van der Waals surface area contributed by atoms with E-state index < -0.39 is 0 Å². The maximum Gasteiger partial charge on any atom is 0.0759 e. The number of hydrogen-bond acceptors (Lipinski definition) is 2. The summed E-state index contributed by atoms with van der Waals surface area (Å²) in [6.45, 7) is 2.88. The number of halogens is 1. The molecule has 1 fully saturated rings. The Morgan fingerprint density at radius 3 is 2.67 bits per heavy atom. The van der Waals surface area contributed by atoms with Crippen molar-refractivity contribution in [3.05, 3.63) is 34.3 Å². The first-order valence-corrected chi connectivity index (χ1v) is 7.57. The standard InChI is InChI=1S/C15H22BrNO/c1-3-18-15(11-8-9-11)14(17-2)10-12-6-4-5-7-13(12)16/h4-7,11,14-15,17H,3,8-10H2,1-2H3. The second kappa shape index (κ2) is 6.69. The van der Waals surface area contributed by atoms with Crippen LogP contribution >= 0.6 is 15.9 Å². The van der Waals surface area contributed by atoms with Gasteiger partial charge in [0.25, 0.3) is 0 Å². The summed E-state index contributed by atoms with van der Waals surface area (Å²) in [6.07, 6.45) is 4.00. The summed E-state index contributed by atoms with van der Waals surface area (Å²) in [5.74, 6) is 0.755. The minimum absolute atomic E-state index is 0.354. The van der Waals surface area contributed by atoms with Gasteiger partial charge in [-0.2, -0.15) is 0 Å². The van der Waals surface area contributed by atoms with Gasteiger partial charge in [-0.15, -0.1) is 0 Å². The van der Waals surface area contributed by atoms with Crippen LogP contribution in [-0.4, -0.2) is 25.8 Å². The van der Waals surface area contributed by atoms with Gasteiger partial charge in [-0.25, -0.2) is 0 Å². The molecule has 1 aliphatic carbocycles. The van der Waals surface area contributed by atoms with Crippen LogP contribution in [0.5, 0.6) is 0 Å². The fraction of sp³-hybridized carbons (Fsp3) is 0.600. The Hall–Kier alpha value is -0.380. The fourth-order valence-electron chi connectivity index (χ4n) is 2.48. The molecule has 2 unspecified atom stereocenters. The van der Waals surface area contributed by atoms with Crippen LogP contribution in [0.4, 0.5) is 0 Å². The van der Waals surface area contributed by atoms with E-state index >= 15 is 0 Å². The second-order valence-corrected chi connectivity index (χ2v) is 5.80. The zero-order valence-electron chi connectivity index (χ0n) is 11.2. The lowest BCUT2D eigenvalue weighted by Crippen LogP contribution is -2.42. The van der Waals surface area contributed by atoms with Crippen molar-refractivity contribution < 1.29 is 4.74 Å². The summed E-state index contributed by atoms with van der Waals surface area (Å²) >= 11 is 3.63. The number of benzene rings is 1. The van der Waals surface area contributed by atoms with Gasteiger partial charge in [0.1, 0.15) is 0 Å². The summed E-state index contributed by atoms with van der Waals surface area (Å²) in [5, 5.41) is 3.44. The number of nitrogens with one attached hydrogen (secondary N) is 1. The molecule has 0 bridgehead atoms. The highest BCUT2D eigenvalue weighted by Crippen LogP contribution is 2.36. The van der Waals surface area contributed by atoms with Crippen LogP contribution in [0.15, 0.2) is 28.7 Å². The Kier molecular flexibility index (Phi) is 5.22. The highest BCUT2D eigenvalue weighted by molar-refractivity contribution is 9.10. The van der Waals surface area contributed by atoms with E-state index in [1.54, 1.807) is 0 Å². The van der Waals surface area contributed by atoms with Gasteiger partial charge in [0.15, 0.2) is 0 Å². The molecular formula is C15H22BrNO. The molecule has 2 atom stereocenters. The molecule has 100 valence electrons. The molecule has 2 rings (SSSR count). The average molecular weight is 312 g/mol. The second-order valence-electron chi connectivity index (χ2n) is 4.95. The molecule has 0 saturated heterocycles. The summed E-state index contributed by atoms with van der Waals surface area (Å²) in [7, 11) is 2.04. The highest BCUT2D eigenvalue weighted by Gasteiger charge is 2.36. The molecule has 0 aliphatic heterocycles. The molecule has 0 spiro atoms. The lowest BCUT2D eigenvalue weighted by molar-refractivity contribution is 0.0210. The first kappa shape index (κ1) is 14.0. The minimum atomic E-state index is 0.354. The Balaban J connectivity index is 2.05. The van der Waals surface area contributed by atoms with Gasteiger partial charge in [-0.05, 0) is 50.8 Å². The zero-order chi connectivity index (χ0) is 13.0. The van der Waals surface area contributed by atoms with E-state index in [1.807, 2.05) is 7.05 Å². The predicted octanol–water partition coefficient (Wildman–Crippen LogP) is 3.39. The zero-order valence-corrected chi connectivity index (χ0v) is 12.7. The van der Waals surface area contributed by atoms with Crippen molar-refractivity contribution in [3.8, 4) is 0 Å². The summed E-state index contributed by atoms with van der Waals surface area (Å²) < 4.78 is 7.14. The van der Waals surface area contributed by atoms with Gasteiger partial charge in [-0.3, -0.25) is 0 Å². The normalized spacial score (nSPS) is 18.6. The monoisotopic (exact) mass is 311 g/mol. The Morgan fingerprint density at radius 2 is 2.11 bits per heavy atom. The lowest BCUT2D eigenvalue weighted by atomic mass is 9.98. The van der Waals surface area contributed by atoms with Crippen LogP contribution in [0.1, 0.15) is 25.3 Å². The summed E-state index contributed by atoms with van der Waals surface area (Å²) in [4.78, 5) is 0. The third-order valence-corrected chi connectivity index (χ3v) is 4.38. The minimum Gasteiger partial charge on any atom is -0.377 e. The largest absolute Gasteiger partial charge is 0.377 e. The fourth-order valence-corrected chi connectivity index (χ4v) is 2.93. The third-order valence-electron chi connectivity index (χ3n) is 3.61. The number of rotatable bonds is 7. The van der Waals surface area contributed by atoms with Crippen LogP contribution in [0.2, 0.25) is 0 Å². The molecule has 0 aromatic heterocycles. The van der Waals surface area contributed by atoms with Crippen molar-refractivity contribution in [2.75, 3.05) is 13.7 Å². The molecule has 1 saturated carbocycles. The van der Waals surface area contributed by atoms with Crippen LogP contribution < -0.4 is 5.32 Å². The number of ether oxygens (including phenoxy) is 1. The number of hydrogen-bond donors (Lipinski definition) is 1. The quantitative estimate of drug-likeness (QED) is 0.833. The number of likely N-dealkylation sites (N-methyl/N-ethyl adjacent to an activating group) is 1. The molecule has 1 aromatic rings.